The van der Waals surface area contributed by atoms with Crippen LogP contribution in [-0.2, 0) is 38.0 Å². The van der Waals surface area contributed by atoms with Crippen LogP contribution in [0.5, 0.6) is 0 Å². The molecule has 1 N–H and O–H groups in total. The molecule has 0 aromatic heterocycles. The van der Waals surface area contributed by atoms with E-state index >= 15 is 0 Å². The van der Waals surface area contributed by atoms with Gasteiger partial charge in [0.05, 0.1) is 73.0 Å². The Morgan fingerprint density at radius 1 is 0.696 bits per heavy atom. The highest BCUT2D eigenvalue weighted by molar-refractivity contribution is 5.70. The number of carbonyl (C=O) groups is 2. The van der Waals surface area contributed by atoms with Gasteiger partial charge >= 0.3 is 11.9 Å². The first kappa shape index (κ1) is 21.7. The Morgan fingerprint density at radius 3 is 1.48 bits per heavy atom. The highest BCUT2D eigenvalue weighted by Crippen LogP contribution is 1.86. The molecule has 9 nitrogen and oxygen atoms in total. The number of rotatable bonds is 17. The third-order valence-electron chi connectivity index (χ3n) is 2.40. The van der Waals surface area contributed by atoms with E-state index in [1.165, 1.54) is 7.11 Å². The summed E-state index contributed by atoms with van der Waals surface area (Å²) in [5, 5.41) is 8.39. The van der Waals surface area contributed by atoms with Crippen molar-refractivity contribution in [2.75, 3.05) is 73.2 Å². The summed E-state index contributed by atoms with van der Waals surface area (Å²) in [5.74, 6) is -1.29. The van der Waals surface area contributed by atoms with Crippen molar-refractivity contribution in [1.29, 1.82) is 0 Å². The monoisotopic (exact) mass is 338 g/mol. The van der Waals surface area contributed by atoms with Crippen LogP contribution in [0.4, 0.5) is 0 Å². The van der Waals surface area contributed by atoms with E-state index in [1.807, 2.05) is 0 Å². The third-order valence-corrected chi connectivity index (χ3v) is 2.40. The lowest BCUT2D eigenvalue weighted by atomic mass is 10.5. The lowest BCUT2D eigenvalue weighted by molar-refractivity contribution is -0.146. The summed E-state index contributed by atoms with van der Waals surface area (Å²) in [5.41, 5.74) is 0. The first-order valence-corrected chi connectivity index (χ1v) is 7.34. The highest BCUT2D eigenvalue weighted by atomic mass is 16.6. The normalized spacial score (nSPS) is 10.7. The predicted octanol–water partition coefficient (Wildman–Crippen LogP) is -0.283. The van der Waals surface area contributed by atoms with Gasteiger partial charge in [0.1, 0.15) is 6.61 Å². The Morgan fingerprint density at radius 2 is 1.09 bits per heavy atom. The van der Waals surface area contributed by atoms with Gasteiger partial charge in [-0.25, -0.2) is 4.79 Å². The molecule has 0 spiro atoms. The molecule has 0 aliphatic heterocycles. The number of aliphatic carboxylic acids is 1. The van der Waals surface area contributed by atoms with Gasteiger partial charge in [-0.2, -0.15) is 0 Å². The number of carbonyl (C=O) groups excluding carboxylic acids is 1. The van der Waals surface area contributed by atoms with Crippen LogP contribution in [0.25, 0.3) is 0 Å². The molecule has 23 heavy (non-hydrogen) atoms. The molecule has 9 heteroatoms. The molecule has 0 aromatic rings. The fourth-order valence-corrected chi connectivity index (χ4v) is 1.25. The average Bonchev–Trinajstić information content (AvgIpc) is 2.53. The predicted molar refractivity (Wildman–Crippen MR) is 78.4 cm³/mol. The number of esters is 1. The van der Waals surface area contributed by atoms with E-state index in [9.17, 15) is 9.59 Å². The second-order valence-electron chi connectivity index (χ2n) is 4.22. The van der Waals surface area contributed by atoms with Crippen LogP contribution in [0, 0.1) is 0 Å². The van der Waals surface area contributed by atoms with Crippen LogP contribution in [0.1, 0.15) is 6.42 Å². The Labute approximate surface area is 135 Å². The molecule has 0 radical (unpaired) electrons. The maximum atomic E-state index is 10.7. The number of methoxy groups -OCH3 is 1. The van der Waals surface area contributed by atoms with Gasteiger partial charge in [0.2, 0.25) is 0 Å². The maximum Gasteiger partial charge on any atom is 0.331 e. The fraction of sp³-hybridized carbons (Fsp3) is 0.857. The minimum absolute atomic E-state index is 0.00313. The van der Waals surface area contributed by atoms with Crippen molar-refractivity contribution in [3.05, 3.63) is 0 Å². The van der Waals surface area contributed by atoms with Crippen molar-refractivity contribution in [3.8, 4) is 0 Å². The van der Waals surface area contributed by atoms with E-state index < -0.39 is 11.9 Å². The zero-order chi connectivity index (χ0) is 17.2. The summed E-state index contributed by atoms with van der Waals surface area (Å²) in [7, 11) is 1.30. The van der Waals surface area contributed by atoms with Gasteiger partial charge in [0.25, 0.3) is 0 Å². The van der Waals surface area contributed by atoms with Crippen LogP contribution < -0.4 is 0 Å². The second kappa shape index (κ2) is 17.1. The molecular weight excluding hydrogens is 312 g/mol. The number of hydrogen-bond acceptors (Lipinski definition) is 8. The van der Waals surface area contributed by atoms with Gasteiger partial charge in [-0.3, -0.25) is 4.79 Å². The number of hydrogen-bond donors (Lipinski definition) is 1. The van der Waals surface area contributed by atoms with Gasteiger partial charge in [-0.15, -0.1) is 0 Å². The zero-order valence-electron chi connectivity index (χ0n) is 13.5. The molecule has 0 saturated heterocycles. The van der Waals surface area contributed by atoms with Gasteiger partial charge in [0.15, 0.2) is 0 Å². The van der Waals surface area contributed by atoms with Crippen LogP contribution >= 0.6 is 0 Å². The van der Waals surface area contributed by atoms with Crippen molar-refractivity contribution < 1.29 is 43.1 Å². The molecule has 136 valence electrons. The van der Waals surface area contributed by atoms with Crippen molar-refractivity contribution in [2.24, 2.45) is 0 Å². The first-order valence-electron chi connectivity index (χ1n) is 7.34. The third kappa shape index (κ3) is 18.7. The second-order valence-corrected chi connectivity index (χ2v) is 4.22. The van der Waals surface area contributed by atoms with E-state index in [2.05, 4.69) is 4.74 Å². The molecule has 0 unspecified atom stereocenters. The Bertz CT molecular complexity index is 296. The quantitative estimate of drug-likeness (QED) is 0.283. The van der Waals surface area contributed by atoms with Gasteiger partial charge in [-0.1, -0.05) is 0 Å². The van der Waals surface area contributed by atoms with Crippen LogP contribution in [-0.4, -0.2) is 90.2 Å². The van der Waals surface area contributed by atoms with Crippen LogP contribution in [0.15, 0.2) is 0 Å². The Balaban J connectivity index is 3.02. The van der Waals surface area contributed by atoms with E-state index in [0.717, 1.165) is 0 Å². The summed E-state index contributed by atoms with van der Waals surface area (Å²) in [6, 6.07) is 0. The first-order chi connectivity index (χ1) is 11.2. The molecule has 0 bridgehead atoms. The molecule has 0 aromatic carbocycles. The summed E-state index contributed by atoms with van der Waals surface area (Å²) in [6.45, 7) is 3.32. The summed E-state index contributed by atoms with van der Waals surface area (Å²) >= 11 is 0. The van der Waals surface area contributed by atoms with Crippen LogP contribution in [0.2, 0.25) is 0 Å². The van der Waals surface area contributed by atoms with Crippen LogP contribution in [0.3, 0.4) is 0 Å². The van der Waals surface area contributed by atoms with Gasteiger partial charge < -0.3 is 33.5 Å². The maximum absolute atomic E-state index is 10.7. The van der Waals surface area contributed by atoms with E-state index in [4.69, 9.17) is 28.8 Å². The smallest absolute Gasteiger partial charge is 0.331 e. The minimum Gasteiger partial charge on any atom is -0.481 e. The highest BCUT2D eigenvalue weighted by Gasteiger charge is 1.99. The molecule has 0 saturated carbocycles. The summed E-state index contributed by atoms with van der Waals surface area (Å²) in [6.07, 6.45) is -0.00313. The van der Waals surface area contributed by atoms with Crippen molar-refractivity contribution in [2.45, 2.75) is 6.42 Å². The molecule has 0 fully saturated rings. The Kier molecular flexibility index (Phi) is 16.2. The molecule has 0 heterocycles. The van der Waals surface area contributed by atoms with Crippen molar-refractivity contribution in [1.82, 2.24) is 0 Å². The van der Waals surface area contributed by atoms with E-state index in [1.54, 1.807) is 0 Å². The average molecular weight is 338 g/mol. The SMILES string of the molecule is COC(=O)COCCOCCOCCOCCOCCC(=O)O. The number of ether oxygens (including phenoxy) is 6. The van der Waals surface area contributed by atoms with Gasteiger partial charge in [0, 0.05) is 0 Å². The van der Waals surface area contributed by atoms with E-state index in [-0.39, 0.29) is 19.6 Å². The molecule has 0 atom stereocenters. The topological polar surface area (TPSA) is 110 Å². The standard InChI is InChI=1S/C14H26O9/c1-18-14(17)12-23-11-10-22-9-8-21-7-6-20-5-4-19-3-2-13(15)16/h2-12H2,1H3,(H,15,16). The largest absolute Gasteiger partial charge is 0.481 e. The minimum atomic E-state index is -0.878. The lowest BCUT2D eigenvalue weighted by Crippen LogP contribution is -2.15. The summed E-state index contributed by atoms with van der Waals surface area (Å²) in [4.78, 5) is 20.9. The Hall–Kier alpha value is -1.26. The summed E-state index contributed by atoms with van der Waals surface area (Å²) < 4.78 is 30.2. The van der Waals surface area contributed by atoms with Crippen molar-refractivity contribution in [3.63, 3.8) is 0 Å². The molecule has 0 aliphatic carbocycles. The lowest BCUT2D eigenvalue weighted by Gasteiger charge is -2.07. The number of carboxylic acids is 1. The van der Waals surface area contributed by atoms with Gasteiger partial charge in [-0.05, 0) is 0 Å². The number of carboxylic acid groups (broad SMARTS) is 1. The van der Waals surface area contributed by atoms with E-state index in [0.29, 0.717) is 52.9 Å². The fourth-order valence-electron chi connectivity index (χ4n) is 1.25. The zero-order valence-corrected chi connectivity index (χ0v) is 13.5. The van der Waals surface area contributed by atoms with Crippen molar-refractivity contribution >= 4 is 11.9 Å². The molecule has 0 rings (SSSR count). The molecule has 0 aliphatic rings. The molecular formula is C14H26O9. The molecule has 0 amide bonds.